The highest BCUT2D eigenvalue weighted by molar-refractivity contribution is 6.13. The minimum absolute atomic E-state index is 0.521. The molecular weight excluding hydrogens is 685 g/mol. The maximum atomic E-state index is 5.00. The molecule has 0 unspecified atom stereocenters. The van der Waals surface area contributed by atoms with E-state index >= 15 is 0 Å². The van der Waals surface area contributed by atoms with Gasteiger partial charge in [-0.3, -0.25) is 4.98 Å². The lowest BCUT2D eigenvalue weighted by atomic mass is 10.0. The number of aromatic nitrogens is 5. The summed E-state index contributed by atoms with van der Waals surface area (Å²) in [4.78, 5) is 22.0. The van der Waals surface area contributed by atoms with Crippen LogP contribution in [-0.4, -0.2) is 24.5 Å². The summed E-state index contributed by atoms with van der Waals surface area (Å²) in [6.45, 7) is 0. The molecule has 56 heavy (non-hydrogen) atoms. The summed E-state index contributed by atoms with van der Waals surface area (Å²) in [5.74, 6) is 1.73. The van der Waals surface area contributed by atoms with Crippen molar-refractivity contribution in [2.45, 2.75) is 0 Å². The Morgan fingerprint density at radius 3 is 1.48 bits per heavy atom. The quantitative estimate of drug-likeness (QED) is 0.157. The molecule has 0 atom stereocenters. The van der Waals surface area contributed by atoms with Crippen LogP contribution in [0.4, 0.5) is 17.1 Å². The summed E-state index contributed by atoms with van der Waals surface area (Å²) in [6.07, 6.45) is 1.92. The molecule has 6 nitrogen and oxygen atoms in total. The van der Waals surface area contributed by atoms with Crippen molar-refractivity contribution in [3.05, 3.63) is 206 Å². The Hall–Kier alpha value is -7.70. The number of benzene rings is 7. The summed E-state index contributed by atoms with van der Waals surface area (Å²) < 4.78 is 2.32. The highest BCUT2D eigenvalue weighted by atomic mass is 15.1. The van der Waals surface area contributed by atoms with Gasteiger partial charge in [0, 0.05) is 44.5 Å². The van der Waals surface area contributed by atoms with Gasteiger partial charge >= 0.3 is 0 Å². The minimum Gasteiger partial charge on any atom is -0.311 e. The lowest BCUT2D eigenvalue weighted by molar-refractivity contribution is 1.05. The Balaban J connectivity index is 1.08. The van der Waals surface area contributed by atoms with Crippen LogP contribution in [0.1, 0.15) is 0 Å². The Kier molecular flexibility index (Phi) is 8.39. The zero-order valence-corrected chi connectivity index (χ0v) is 30.3. The molecule has 3 heterocycles. The second-order valence-electron chi connectivity index (χ2n) is 13.5. The monoisotopic (exact) mass is 718 g/mol. The number of para-hydroxylation sites is 4. The van der Waals surface area contributed by atoms with Gasteiger partial charge in [-0.25, -0.2) is 15.0 Å². The zero-order chi connectivity index (χ0) is 37.3. The van der Waals surface area contributed by atoms with Gasteiger partial charge in [0.2, 0.25) is 0 Å². The molecule has 0 fully saturated rings. The van der Waals surface area contributed by atoms with Crippen LogP contribution in [0.5, 0.6) is 0 Å². The van der Waals surface area contributed by atoms with Gasteiger partial charge in [-0.15, -0.1) is 0 Å². The average molecular weight is 719 g/mol. The molecule has 7 aromatic carbocycles. The third-order valence-corrected chi connectivity index (χ3v) is 10.1. The van der Waals surface area contributed by atoms with Crippen LogP contribution in [0, 0.1) is 0 Å². The number of nitrogens with zero attached hydrogens (tertiary/aromatic N) is 6. The molecule has 0 aliphatic carbocycles. The normalized spacial score (nSPS) is 11.2. The Bertz CT molecular complexity index is 2830. The molecule has 0 aliphatic rings. The second kappa shape index (κ2) is 14.3. The number of pyridine rings is 1. The lowest BCUT2D eigenvalue weighted by Crippen LogP contribution is -2.09. The molecule has 0 aliphatic heterocycles. The number of hydrogen-bond donors (Lipinski definition) is 0. The third-order valence-electron chi connectivity index (χ3n) is 10.1. The molecular formula is C50H34N6. The van der Waals surface area contributed by atoms with Gasteiger partial charge in [0.05, 0.1) is 22.9 Å². The molecule has 0 radical (unpaired) electrons. The summed E-state index contributed by atoms with van der Waals surface area (Å²) in [5, 5.41) is 2.36. The van der Waals surface area contributed by atoms with E-state index in [2.05, 4.69) is 143 Å². The van der Waals surface area contributed by atoms with E-state index in [1.54, 1.807) is 0 Å². The number of hydrogen-bond acceptors (Lipinski definition) is 5. The van der Waals surface area contributed by atoms with Gasteiger partial charge in [-0.1, -0.05) is 146 Å². The van der Waals surface area contributed by atoms with Crippen molar-refractivity contribution in [3.8, 4) is 51.1 Å². The smallest absolute Gasteiger partial charge is 0.182 e. The van der Waals surface area contributed by atoms with Crippen LogP contribution in [0.3, 0.4) is 0 Å². The SMILES string of the molecule is c1ccc(-c2nc(-c3ccccc3)nc(-c3ccc(-n4c5ccccc5c5cccc(-c6ccc(N(c7ccccc7)c7ccccc7)cc6)c54)cn3)n2)cc1. The van der Waals surface area contributed by atoms with Gasteiger partial charge in [0.25, 0.3) is 0 Å². The molecule has 3 aromatic heterocycles. The van der Waals surface area contributed by atoms with Crippen LogP contribution < -0.4 is 4.90 Å². The first kappa shape index (κ1) is 32.9. The fourth-order valence-electron chi connectivity index (χ4n) is 7.48. The van der Waals surface area contributed by atoms with Crippen molar-refractivity contribution < 1.29 is 0 Å². The highest BCUT2D eigenvalue weighted by Crippen LogP contribution is 2.40. The van der Waals surface area contributed by atoms with E-state index in [9.17, 15) is 0 Å². The van der Waals surface area contributed by atoms with Crippen LogP contribution >= 0.6 is 0 Å². The largest absolute Gasteiger partial charge is 0.311 e. The molecule has 0 amide bonds. The van der Waals surface area contributed by atoms with Crippen molar-refractivity contribution in [1.29, 1.82) is 0 Å². The van der Waals surface area contributed by atoms with Gasteiger partial charge in [-0.05, 0) is 60.2 Å². The molecule has 10 rings (SSSR count). The minimum atomic E-state index is 0.521. The Morgan fingerprint density at radius 1 is 0.375 bits per heavy atom. The van der Waals surface area contributed by atoms with Crippen LogP contribution in [0.2, 0.25) is 0 Å². The van der Waals surface area contributed by atoms with E-state index in [4.69, 9.17) is 19.9 Å². The van der Waals surface area contributed by atoms with Crippen molar-refractivity contribution >= 4 is 38.9 Å². The van der Waals surface area contributed by atoms with Crippen LogP contribution in [-0.2, 0) is 0 Å². The number of anilines is 3. The molecule has 6 heteroatoms. The van der Waals surface area contributed by atoms with Gasteiger partial charge < -0.3 is 9.47 Å². The number of fused-ring (bicyclic) bond motifs is 3. The number of rotatable bonds is 8. The Labute approximate surface area is 324 Å². The maximum Gasteiger partial charge on any atom is 0.182 e. The molecule has 0 saturated carbocycles. The van der Waals surface area contributed by atoms with Gasteiger partial charge in [0.15, 0.2) is 17.5 Å². The van der Waals surface area contributed by atoms with E-state index in [1.807, 2.05) is 72.9 Å². The molecule has 0 spiro atoms. The zero-order valence-electron chi connectivity index (χ0n) is 30.3. The topological polar surface area (TPSA) is 59.7 Å². The molecule has 0 N–H and O–H groups in total. The van der Waals surface area contributed by atoms with E-state index in [-0.39, 0.29) is 0 Å². The summed E-state index contributed by atoms with van der Waals surface area (Å²) >= 11 is 0. The van der Waals surface area contributed by atoms with Crippen LogP contribution in [0.15, 0.2) is 206 Å². The Morgan fingerprint density at radius 2 is 0.893 bits per heavy atom. The molecule has 0 bridgehead atoms. The fraction of sp³-hybridized carbons (Fsp3) is 0. The van der Waals surface area contributed by atoms with Gasteiger partial charge in [0.1, 0.15) is 5.69 Å². The summed E-state index contributed by atoms with van der Waals surface area (Å²) in [6, 6.07) is 69.1. The van der Waals surface area contributed by atoms with Crippen molar-refractivity contribution in [1.82, 2.24) is 24.5 Å². The summed E-state index contributed by atoms with van der Waals surface area (Å²) in [7, 11) is 0. The van der Waals surface area contributed by atoms with Crippen molar-refractivity contribution in [3.63, 3.8) is 0 Å². The predicted octanol–water partition coefficient (Wildman–Crippen LogP) is 12.5. The standard InChI is InChI=1S/C50H34N6/c1-5-16-36(17-6-1)48-52-49(37-18-7-2-8-19-37)54-50(53-48)45-33-32-41(34-51-45)56-46-27-14-13-24-43(46)44-26-15-25-42(47(44)56)35-28-30-40(31-29-35)55(38-20-9-3-10-21-38)39-22-11-4-12-23-39/h1-34H. The first-order chi connectivity index (χ1) is 27.8. The maximum absolute atomic E-state index is 5.00. The fourth-order valence-corrected chi connectivity index (χ4v) is 7.48. The highest BCUT2D eigenvalue weighted by Gasteiger charge is 2.19. The van der Waals surface area contributed by atoms with E-state index < -0.39 is 0 Å². The molecule has 0 saturated heterocycles. The predicted molar refractivity (Wildman–Crippen MR) is 228 cm³/mol. The van der Waals surface area contributed by atoms with Crippen LogP contribution in [0.25, 0.3) is 72.9 Å². The lowest BCUT2D eigenvalue weighted by Gasteiger charge is -2.25. The second-order valence-corrected chi connectivity index (χ2v) is 13.5. The first-order valence-corrected chi connectivity index (χ1v) is 18.6. The van der Waals surface area contributed by atoms with E-state index in [1.165, 1.54) is 10.8 Å². The van der Waals surface area contributed by atoms with Crippen molar-refractivity contribution in [2.24, 2.45) is 0 Å². The third kappa shape index (κ3) is 6.05. The molecule has 10 aromatic rings. The summed E-state index contributed by atoms with van der Waals surface area (Å²) in [5.41, 5.74) is 11.3. The van der Waals surface area contributed by atoms with Crippen molar-refractivity contribution in [2.75, 3.05) is 4.90 Å². The van der Waals surface area contributed by atoms with E-state index in [0.29, 0.717) is 23.2 Å². The van der Waals surface area contributed by atoms with E-state index in [0.717, 1.165) is 56.0 Å². The molecule has 264 valence electrons. The van der Waals surface area contributed by atoms with Gasteiger partial charge in [-0.2, -0.15) is 0 Å². The first-order valence-electron chi connectivity index (χ1n) is 18.6. The average Bonchev–Trinajstić information content (AvgIpc) is 3.63.